The topological polar surface area (TPSA) is 148 Å². The monoisotopic (exact) mass is 463 g/mol. The Labute approximate surface area is 193 Å². The number of nitrogens with two attached hydrogens (primary N) is 1. The van der Waals surface area contributed by atoms with E-state index < -0.39 is 11.9 Å². The number of ketones is 1. The number of nitrogens with zero attached hydrogens (tertiary/aromatic N) is 2. The van der Waals surface area contributed by atoms with Gasteiger partial charge in [0.2, 0.25) is 11.5 Å². The quantitative estimate of drug-likeness (QED) is 0.313. The molecule has 0 aliphatic rings. The summed E-state index contributed by atoms with van der Waals surface area (Å²) in [5.41, 5.74) is 7.56. The van der Waals surface area contributed by atoms with E-state index in [9.17, 15) is 14.4 Å². The van der Waals surface area contributed by atoms with E-state index in [1.54, 1.807) is 44.2 Å². The third-order valence-corrected chi connectivity index (χ3v) is 5.00. The second-order valence-electron chi connectivity index (χ2n) is 7.33. The van der Waals surface area contributed by atoms with Gasteiger partial charge in [0.05, 0.1) is 12.0 Å². The molecule has 0 radical (unpaired) electrons. The normalized spacial score (nSPS) is 10.9. The summed E-state index contributed by atoms with van der Waals surface area (Å²) in [5.74, 6) is -0.533. The van der Waals surface area contributed by atoms with Gasteiger partial charge in [0.15, 0.2) is 18.2 Å². The number of anilines is 1. The summed E-state index contributed by atoms with van der Waals surface area (Å²) >= 11 is 0. The highest BCUT2D eigenvalue weighted by Crippen LogP contribution is 2.29. The second kappa shape index (κ2) is 9.18. The Morgan fingerprint density at radius 1 is 0.971 bits per heavy atom. The zero-order valence-corrected chi connectivity index (χ0v) is 18.7. The number of furan rings is 2. The average molecular weight is 463 g/mol. The first-order valence-corrected chi connectivity index (χ1v) is 10.4. The summed E-state index contributed by atoms with van der Waals surface area (Å²) in [6.07, 6.45) is 0. The van der Waals surface area contributed by atoms with Crippen molar-refractivity contribution >= 4 is 34.6 Å². The molecule has 0 bridgehead atoms. The molecule has 0 saturated carbocycles. The van der Waals surface area contributed by atoms with E-state index in [1.807, 2.05) is 0 Å². The number of hydrogen-bond acceptors (Lipinski definition) is 10. The number of carbonyl (C=O) groups is 3. The van der Waals surface area contributed by atoms with Gasteiger partial charge >= 0.3 is 11.9 Å². The summed E-state index contributed by atoms with van der Waals surface area (Å²) in [6.45, 7) is 4.66. The maximum Gasteiger partial charge on any atom is 0.374 e. The van der Waals surface area contributed by atoms with Crippen LogP contribution in [0.1, 0.15) is 56.7 Å². The third-order valence-electron chi connectivity index (χ3n) is 5.00. The van der Waals surface area contributed by atoms with Crippen molar-refractivity contribution in [1.82, 2.24) is 9.97 Å². The Morgan fingerprint density at radius 2 is 1.71 bits per heavy atom. The summed E-state index contributed by atoms with van der Waals surface area (Å²) in [5, 5.41) is 0.248. The van der Waals surface area contributed by atoms with Crippen molar-refractivity contribution in [3.8, 4) is 11.3 Å². The first-order chi connectivity index (χ1) is 16.3. The van der Waals surface area contributed by atoms with Crippen LogP contribution in [0.15, 0.2) is 45.2 Å². The number of hydrogen-bond donors (Lipinski definition) is 1. The van der Waals surface area contributed by atoms with E-state index in [0.29, 0.717) is 22.6 Å². The lowest BCUT2D eigenvalue weighted by molar-refractivity contribution is 0.0426. The molecule has 10 heteroatoms. The van der Waals surface area contributed by atoms with Crippen molar-refractivity contribution in [2.75, 3.05) is 12.3 Å². The number of aromatic nitrogens is 2. The molecule has 1 aromatic carbocycles. The van der Waals surface area contributed by atoms with E-state index in [2.05, 4.69) is 9.97 Å². The van der Waals surface area contributed by atoms with E-state index in [0.717, 1.165) is 0 Å². The minimum Gasteiger partial charge on any atom is -0.462 e. The Morgan fingerprint density at radius 3 is 2.38 bits per heavy atom. The van der Waals surface area contributed by atoms with Gasteiger partial charge < -0.3 is 24.0 Å². The maximum absolute atomic E-state index is 12.4. The van der Waals surface area contributed by atoms with Crippen molar-refractivity contribution < 1.29 is 32.7 Å². The molecule has 0 fully saturated rings. The predicted molar refractivity (Wildman–Crippen MR) is 120 cm³/mol. The van der Waals surface area contributed by atoms with Crippen LogP contribution in [0.5, 0.6) is 0 Å². The van der Waals surface area contributed by atoms with Crippen molar-refractivity contribution in [1.29, 1.82) is 0 Å². The predicted octanol–water partition coefficient (Wildman–Crippen LogP) is 4.11. The third kappa shape index (κ3) is 4.38. The summed E-state index contributed by atoms with van der Waals surface area (Å²) in [7, 11) is 0. The van der Waals surface area contributed by atoms with Crippen LogP contribution in [0.25, 0.3) is 22.4 Å². The minimum absolute atomic E-state index is 0.00486. The first-order valence-electron chi connectivity index (χ1n) is 10.4. The molecule has 4 aromatic rings. The molecule has 0 unspecified atom stereocenters. The lowest BCUT2D eigenvalue weighted by Crippen LogP contribution is -2.09. The Bertz CT molecular complexity index is 1400. The highest BCUT2D eigenvalue weighted by atomic mass is 16.5. The maximum atomic E-state index is 12.4. The summed E-state index contributed by atoms with van der Waals surface area (Å²) in [4.78, 5) is 44.4. The molecule has 2 N–H and O–H groups in total. The van der Waals surface area contributed by atoms with Gasteiger partial charge in [0.1, 0.15) is 22.9 Å². The number of carbonyl (C=O) groups excluding carboxylic acids is 3. The highest BCUT2D eigenvalue weighted by Gasteiger charge is 2.24. The number of nitrogen functional groups attached to an aromatic ring is 1. The van der Waals surface area contributed by atoms with Gasteiger partial charge in [-0.2, -0.15) is 4.98 Å². The van der Waals surface area contributed by atoms with Gasteiger partial charge in [-0.3, -0.25) is 4.79 Å². The van der Waals surface area contributed by atoms with Gasteiger partial charge in [-0.05, 0) is 32.9 Å². The number of Topliss-reactive ketones (excluding diaryl/α,β-unsaturated/α-hetero) is 1. The molecule has 34 heavy (non-hydrogen) atoms. The van der Waals surface area contributed by atoms with Gasteiger partial charge in [0.25, 0.3) is 0 Å². The molecule has 0 saturated heterocycles. The molecule has 3 aromatic heterocycles. The molecule has 4 rings (SSSR count). The second-order valence-corrected chi connectivity index (χ2v) is 7.33. The van der Waals surface area contributed by atoms with Gasteiger partial charge in [-0.1, -0.05) is 24.3 Å². The van der Waals surface area contributed by atoms with Crippen LogP contribution < -0.4 is 5.73 Å². The Kier molecular flexibility index (Phi) is 6.13. The van der Waals surface area contributed by atoms with Crippen LogP contribution in [-0.2, 0) is 16.1 Å². The van der Waals surface area contributed by atoms with Crippen molar-refractivity contribution in [3.63, 3.8) is 0 Å². The molecular weight excluding hydrogens is 442 g/mol. The Balaban J connectivity index is 1.48. The standard InChI is InChI=1S/C24H21N3O7/c1-4-31-24(30)19-13(3)33-22-20(19)21(25)26-18(27-22)11-32-23(29)17-10-9-16(34-17)15-7-5-14(6-8-15)12(2)28/h5-10H,4,11H2,1-3H3,(H2,25,26,27). The van der Waals surface area contributed by atoms with Gasteiger partial charge in [-0.25, -0.2) is 14.6 Å². The largest absolute Gasteiger partial charge is 0.462 e. The van der Waals surface area contributed by atoms with Crippen molar-refractivity contribution in [2.24, 2.45) is 0 Å². The van der Waals surface area contributed by atoms with Crippen molar-refractivity contribution in [3.05, 3.63) is 64.9 Å². The fourth-order valence-corrected chi connectivity index (χ4v) is 3.37. The Hall–Kier alpha value is -4.47. The molecule has 10 nitrogen and oxygen atoms in total. The zero-order valence-electron chi connectivity index (χ0n) is 18.7. The number of benzene rings is 1. The molecule has 0 atom stereocenters. The first kappa shape index (κ1) is 22.7. The number of rotatable bonds is 7. The van der Waals surface area contributed by atoms with Crippen LogP contribution >= 0.6 is 0 Å². The van der Waals surface area contributed by atoms with Gasteiger partial charge in [-0.15, -0.1) is 0 Å². The van der Waals surface area contributed by atoms with E-state index in [1.165, 1.54) is 13.0 Å². The highest BCUT2D eigenvalue weighted by molar-refractivity contribution is 6.07. The fourth-order valence-electron chi connectivity index (χ4n) is 3.37. The summed E-state index contributed by atoms with van der Waals surface area (Å²) in [6, 6.07) is 9.93. The zero-order chi connectivity index (χ0) is 24.4. The van der Waals surface area contributed by atoms with Crippen LogP contribution in [0, 0.1) is 6.92 Å². The smallest absolute Gasteiger partial charge is 0.374 e. The van der Waals surface area contributed by atoms with Crippen LogP contribution in [0.4, 0.5) is 5.82 Å². The SMILES string of the molecule is CCOC(=O)c1c(C)oc2nc(COC(=O)c3ccc(-c4ccc(C(C)=O)cc4)o3)nc(N)c12. The molecule has 0 amide bonds. The number of esters is 2. The minimum atomic E-state index is -0.725. The molecule has 0 aliphatic heterocycles. The van der Waals surface area contributed by atoms with E-state index in [4.69, 9.17) is 24.0 Å². The fraction of sp³-hybridized carbons (Fsp3) is 0.208. The number of fused-ring (bicyclic) bond motifs is 1. The molecule has 174 valence electrons. The molecule has 3 heterocycles. The van der Waals surface area contributed by atoms with Crippen molar-refractivity contribution in [2.45, 2.75) is 27.4 Å². The van der Waals surface area contributed by atoms with Crippen LogP contribution in [0.2, 0.25) is 0 Å². The molecule has 0 aliphatic carbocycles. The van der Waals surface area contributed by atoms with E-state index in [-0.39, 0.29) is 53.1 Å². The van der Waals surface area contributed by atoms with Gasteiger partial charge in [0, 0.05) is 11.1 Å². The summed E-state index contributed by atoms with van der Waals surface area (Å²) < 4.78 is 21.4. The number of ether oxygens (including phenoxy) is 2. The molecule has 0 spiro atoms. The lowest BCUT2D eigenvalue weighted by atomic mass is 10.1. The van der Waals surface area contributed by atoms with Crippen LogP contribution in [-0.4, -0.2) is 34.3 Å². The number of aryl methyl sites for hydroxylation is 1. The molecular formula is C24H21N3O7. The van der Waals surface area contributed by atoms with Crippen LogP contribution in [0.3, 0.4) is 0 Å². The van der Waals surface area contributed by atoms with E-state index >= 15 is 0 Å². The average Bonchev–Trinajstić information content (AvgIpc) is 3.42. The lowest BCUT2D eigenvalue weighted by Gasteiger charge is -2.05.